The minimum absolute atomic E-state index is 0.162. The largest absolute Gasteiger partial charge is 0.465 e. The molecule has 0 unspecified atom stereocenters. The van der Waals surface area contributed by atoms with Crippen molar-refractivity contribution >= 4 is 17.6 Å². The number of aryl methyl sites for hydroxylation is 1. The highest BCUT2D eigenvalue weighted by molar-refractivity contribution is 6.28. The van der Waals surface area contributed by atoms with Gasteiger partial charge in [0.2, 0.25) is 5.28 Å². The van der Waals surface area contributed by atoms with Crippen molar-refractivity contribution in [3.05, 3.63) is 41.1 Å². The zero-order chi connectivity index (χ0) is 12.4. The number of hydrogen-bond donors (Lipinski definition) is 0. The number of esters is 1. The lowest BCUT2D eigenvalue weighted by molar-refractivity contribution is 0.0601. The molecule has 0 bridgehead atoms. The van der Waals surface area contributed by atoms with Gasteiger partial charge in [-0.05, 0) is 30.7 Å². The molecule has 0 aliphatic rings. The Labute approximate surface area is 103 Å². The second-order valence-electron chi connectivity index (χ2n) is 3.42. The molecule has 0 amide bonds. The van der Waals surface area contributed by atoms with Crippen molar-refractivity contribution in [1.29, 1.82) is 0 Å². The smallest absolute Gasteiger partial charge is 0.339 e. The molecule has 0 aromatic carbocycles. The highest BCUT2D eigenvalue weighted by atomic mass is 35.5. The van der Waals surface area contributed by atoms with E-state index in [9.17, 15) is 4.79 Å². The van der Waals surface area contributed by atoms with Crippen molar-refractivity contribution in [3.63, 3.8) is 0 Å². The van der Waals surface area contributed by atoms with Crippen molar-refractivity contribution in [3.8, 4) is 5.82 Å². The van der Waals surface area contributed by atoms with E-state index in [4.69, 9.17) is 11.6 Å². The van der Waals surface area contributed by atoms with Gasteiger partial charge in [-0.25, -0.2) is 9.78 Å². The predicted molar refractivity (Wildman–Crippen MR) is 62.4 cm³/mol. The van der Waals surface area contributed by atoms with E-state index in [-0.39, 0.29) is 11.3 Å². The first-order valence-electron chi connectivity index (χ1n) is 4.88. The number of nitrogens with zero attached hydrogens (tertiary/aromatic N) is 3. The molecule has 0 spiro atoms. The molecule has 0 aliphatic carbocycles. The van der Waals surface area contributed by atoms with Gasteiger partial charge in [-0.15, -0.1) is 0 Å². The monoisotopic (exact) mass is 251 g/mol. The molecule has 2 heterocycles. The van der Waals surface area contributed by atoms with Crippen LogP contribution in [0.2, 0.25) is 5.28 Å². The van der Waals surface area contributed by atoms with Gasteiger partial charge >= 0.3 is 5.97 Å². The van der Waals surface area contributed by atoms with Crippen molar-refractivity contribution < 1.29 is 9.53 Å². The van der Waals surface area contributed by atoms with Crippen LogP contribution in [0.15, 0.2) is 24.5 Å². The summed E-state index contributed by atoms with van der Waals surface area (Å²) >= 11 is 5.72. The lowest BCUT2D eigenvalue weighted by Crippen LogP contribution is -2.00. The van der Waals surface area contributed by atoms with Crippen LogP contribution in [0.4, 0.5) is 0 Å². The van der Waals surface area contributed by atoms with Crippen molar-refractivity contribution in [1.82, 2.24) is 14.5 Å². The SMILES string of the molecule is COC(=O)c1cc(C)n(-c2ccnc(Cl)n2)c1. The van der Waals surface area contributed by atoms with E-state index in [1.54, 1.807) is 29.1 Å². The molecule has 0 atom stereocenters. The van der Waals surface area contributed by atoms with Crippen LogP contribution in [-0.2, 0) is 4.74 Å². The van der Waals surface area contributed by atoms with Gasteiger partial charge in [0.15, 0.2) is 0 Å². The number of aromatic nitrogens is 3. The Morgan fingerprint density at radius 3 is 2.94 bits per heavy atom. The quantitative estimate of drug-likeness (QED) is 0.605. The van der Waals surface area contributed by atoms with E-state index in [1.165, 1.54) is 7.11 Å². The molecule has 5 nitrogen and oxygen atoms in total. The van der Waals surface area contributed by atoms with Crippen LogP contribution in [0, 0.1) is 6.92 Å². The zero-order valence-corrected chi connectivity index (χ0v) is 10.1. The lowest BCUT2D eigenvalue weighted by atomic mass is 10.3. The standard InChI is InChI=1S/C11H10ClN3O2/c1-7-5-8(10(16)17-2)6-15(7)9-3-4-13-11(12)14-9/h3-6H,1-2H3. The molecule has 0 aliphatic heterocycles. The van der Waals surface area contributed by atoms with Crippen LogP contribution in [-0.4, -0.2) is 27.6 Å². The summed E-state index contributed by atoms with van der Waals surface area (Å²) in [5.41, 5.74) is 1.33. The molecule has 88 valence electrons. The van der Waals surface area contributed by atoms with Crippen LogP contribution in [0.25, 0.3) is 5.82 Å². The Morgan fingerprint density at radius 2 is 2.29 bits per heavy atom. The normalized spacial score (nSPS) is 10.3. The Hall–Kier alpha value is -1.88. The van der Waals surface area contributed by atoms with Crippen LogP contribution in [0.3, 0.4) is 0 Å². The van der Waals surface area contributed by atoms with Gasteiger partial charge in [-0.1, -0.05) is 0 Å². The average Bonchev–Trinajstić information content (AvgIpc) is 2.70. The van der Waals surface area contributed by atoms with Crippen LogP contribution < -0.4 is 0 Å². The lowest BCUT2D eigenvalue weighted by Gasteiger charge is -2.03. The molecule has 2 rings (SSSR count). The summed E-state index contributed by atoms with van der Waals surface area (Å²) in [5, 5.41) is 0.162. The first-order chi connectivity index (χ1) is 8.11. The summed E-state index contributed by atoms with van der Waals surface area (Å²) in [6, 6.07) is 3.43. The van der Waals surface area contributed by atoms with Crippen molar-refractivity contribution in [2.24, 2.45) is 0 Å². The highest BCUT2D eigenvalue weighted by Gasteiger charge is 2.11. The molecular weight excluding hydrogens is 242 g/mol. The Kier molecular flexibility index (Phi) is 3.10. The minimum Gasteiger partial charge on any atom is -0.465 e. The second-order valence-corrected chi connectivity index (χ2v) is 3.75. The summed E-state index contributed by atoms with van der Waals surface area (Å²) in [4.78, 5) is 19.3. The third kappa shape index (κ3) is 2.29. The van der Waals surface area contributed by atoms with E-state index >= 15 is 0 Å². The Bertz CT molecular complexity index is 566. The van der Waals surface area contributed by atoms with E-state index in [0.717, 1.165) is 5.69 Å². The summed E-state index contributed by atoms with van der Waals surface area (Å²) in [6.07, 6.45) is 3.21. The molecule has 2 aromatic rings. The number of hydrogen-bond acceptors (Lipinski definition) is 4. The topological polar surface area (TPSA) is 57.0 Å². The van der Waals surface area contributed by atoms with Gasteiger partial charge in [0.05, 0.1) is 12.7 Å². The van der Waals surface area contributed by atoms with E-state index in [0.29, 0.717) is 11.4 Å². The van der Waals surface area contributed by atoms with Gasteiger partial charge < -0.3 is 9.30 Å². The molecule has 0 radical (unpaired) electrons. The number of methoxy groups -OCH3 is 1. The second kappa shape index (κ2) is 4.55. The molecule has 0 N–H and O–H groups in total. The van der Waals surface area contributed by atoms with Crippen LogP contribution in [0.5, 0.6) is 0 Å². The summed E-state index contributed by atoms with van der Waals surface area (Å²) in [7, 11) is 1.34. The maximum absolute atomic E-state index is 11.4. The third-order valence-electron chi connectivity index (χ3n) is 2.29. The van der Waals surface area contributed by atoms with Gasteiger partial charge in [0.25, 0.3) is 0 Å². The number of halogens is 1. The van der Waals surface area contributed by atoms with Crippen molar-refractivity contribution in [2.75, 3.05) is 7.11 Å². The van der Waals surface area contributed by atoms with Gasteiger partial charge in [-0.2, -0.15) is 4.98 Å². The van der Waals surface area contributed by atoms with Crippen LogP contribution in [0.1, 0.15) is 16.1 Å². The van der Waals surface area contributed by atoms with Crippen molar-refractivity contribution in [2.45, 2.75) is 6.92 Å². The highest BCUT2D eigenvalue weighted by Crippen LogP contribution is 2.15. The maximum atomic E-state index is 11.4. The van der Waals surface area contributed by atoms with E-state index in [1.807, 2.05) is 6.92 Å². The molecule has 2 aromatic heterocycles. The number of carbonyl (C=O) groups excluding carboxylic acids is 1. The molecule has 6 heteroatoms. The fourth-order valence-electron chi connectivity index (χ4n) is 1.51. The Balaban J connectivity index is 2.46. The van der Waals surface area contributed by atoms with Crippen LogP contribution >= 0.6 is 11.6 Å². The first-order valence-corrected chi connectivity index (χ1v) is 5.26. The summed E-state index contributed by atoms with van der Waals surface area (Å²) in [6.45, 7) is 1.86. The first kappa shape index (κ1) is 11.6. The van der Waals surface area contributed by atoms with E-state index in [2.05, 4.69) is 14.7 Å². The molecule has 0 fully saturated rings. The molecular formula is C11H10ClN3O2. The minimum atomic E-state index is -0.382. The van der Waals surface area contributed by atoms with Gasteiger partial charge in [0.1, 0.15) is 5.82 Å². The fraction of sp³-hybridized carbons (Fsp3) is 0.182. The summed E-state index contributed by atoms with van der Waals surface area (Å²) in [5.74, 6) is 0.227. The van der Waals surface area contributed by atoms with Gasteiger partial charge in [0, 0.05) is 18.1 Å². The number of ether oxygens (including phenoxy) is 1. The average molecular weight is 252 g/mol. The maximum Gasteiger partial charge on any atom is 0.339 e. The van der Waals surface area contributed by atoms with E-state index < -0.39 is 0 Å². The molecule has 0 saturated carbocycles. The molecule has 17 heavy (non-hydrogen) atoms. The summed E-state index contributed by atoms with van der Waals surface area (Å²) < 4.78 is 6.40. The van der Waals surface area contributed by atoms with Gasteiger partial charge in [-0.3, -0.25) is 0 Å². The Morgan fingerprint density at radius 1 is 1.53 bits per heavy atom. The molecule has 0 saturated heterocycles. The zero-order valence-electron chi connectivity index (χ0n) is 9.35. The predicted octanol–water partition coefficient (Wildman–Crippen LogP) is 2.02. The number of carbonyl (C=O) groups is 1. The fourth-order valence-corrected chi connectivity index (χ4v) is 1.65. The number of rotatable bonds is 2. The third-order valence-corrected chi connectivity index (χ3v) is 2.47.